The lowest BCUT2D eigenvalue weighted by Crippen LogP contribution is -2.40. The highest BCUT2D eigenvalue weighted by Crippen LogP contribution is 2.43. The van der Waals surface area contributed by atoms with Crippen molar-refractivity contribution in [3.8, 4) is 11.3 Å². The van der Waals surface area contributed by atoms with Crippen LogP contribution in [-0.2, 0) is 18.4 Å². The number of hydrogen-bond acceptors (Lipinski definition) is 3. The summed E-state index contributed by atoms with van der Waals surface area (Å²) in [6, 6.07) is 18.4. The second-order valence-electron chi connectivity index (χ2n) is 7.85. The van der Waals surface area contributed by atoms with E-state index in [0.717, 1.165) is 35.2 Å². The fraction of sp³-hybridized carbons (Fsp3) is 0.261. The third-order valence-corrected chi connectivity index (χ3v) is 6.13. The van der Waals surface area contributed by atoms with Crippen LogP contribution in [0.25, 0.3) is 17.0 Å². The molecule has 4 aromatic rings. The van der Waals surface area contributed by atoms with Gasteiger partial charge >= 0.3 is 0 Å². The standard InChI is InChI=1S/C23H22N4O/c1-3-23(2)13-17-11-7-8-12-18(17)20-19(23)21(28)26(22-25-24-15-27(20)22)14-16-9-5-4-6-10-16/h4-12,15H,3,13-14H2,1-2H3. The quantitative estimate of drug-likeness (QED) is 0.551. The summed E-state index contributed by atoms with van der Waals surface area (Å²) in [6.45, 7) is 4.85. The zero-order valence-electron chi connectivity index (χ0n) is 16.1. The van der Waals surface area contributed by atoms with Crippen molar-refractivity contribution >= 4 is 5.78 Å². The summed E-state index contributed by atoms with van der Waals surface area (Å²) >= 11 is 0. The van der Waals surface area contributed by atoms with E-state index in [1.54, 1.807) is 10.9 Å². The second-order valence-corrected chi connectivity index (χ2v) is 7.85. The SMILES string of the molecule is CCC1(C)Cc2ccccc2-c2c1c(=O)n(Cc1ccccc1)c1nncn21. The molecule has 0 radical (unpaired) electrons. The highest BCUT2D eigenvalue weighted by molar-refractivity contribution is 5.73. The van der Waals surface area contributed by atoms with Crippen molar-refractivity contribution in [2.24, 2.45) is 0 Å². The highest BCUT2D eigenvalue weighted by atomic mass is 16.1. The minimum atomic E-state index is -0.225. The number of rotatable bonds is 3. The van der Waals surface area contributed by atoms with Crippen LogP contribution in [0.5, 0.6) is 0 Å². The average molecular weight is 370 g/mol. The second kappa shape index (κ2) is 6.16. The Labute approximate surface area is 163 Å². The van der Waals surface area contributed by atoms with E-state index in [-0.39, 0.29) is 11.0 Å². The van der Waals surface area contributed by atoms with Crippen molar-refractivity contribution in [3.05, 3.63) is 88.0 Å². The molecule has 0 fully saturated rings. The summed E-state index contributed by atoms with van der Waals surface area (Å²) in [4.78, 5) is 13.8. The Kier molecular flexibility index (Phi) is 3.72. The average Bonchev–Trinajstić information content (AvgIpc) is 3.21. The van der Waals surface area contributed by atoms with E-state index in [1.165, 1.54) is 5.56 Å². The molecular formula is C23H22N4O. The Bertz CT molecular complexity index is 1240. The van der Waals surface area contributed by atoms with Gasteiger partial charge in [-0.2, -0.15) is 0 Å². The minimum absolute atomic E-state index is 0.0400. The molecule has 140 valence electrons. The molecule has 0 bridgehead atoms. The Balaban J connectivity index is 1.87. The first-order valence-electron chi connectivity index (χ1n) is 9.71. The van der Waals surface area contributed by atoms with Crippen LogP contribution in [0.3, 0.4) is 0 Å². The molecule has 0 spiro atoms. The maximum absolute atomic E-state index is 13.8. The van der Waals surface area contributed by atoms with Crippen LogP contribution in [0.2, 0.25) is 0 Å². The molecule has 0 N–H and O–H groups in total. The van der Waals surface area contributed by atoms with Crippen LogP contribution < -0.4 is 5.56 Å². The van der Waals surface area contributed by atoms with Gasteiger partial charge in [0, 0.05) is 16.5 Å². The van der Waals surface area contributed by atoms with Gasteiger partial charge in [-0.1, -0.05) is 68.4 Å². The lowest BCUT2D eigenvalue weighted by Gasteiger charge is -2.36. The van der Waals surface area contributed by atoms with Crippen LogP contribution in [-0.4, -0.2) is 19.2 Å². The van der Waals surface area contributed by atoms with Gasteiger partial charge in [-0.15, -0.1) is 10.2 Å². The van der Waals surface area contributed by atoms with E-state index < -0.39 is 0 Å². The van der Waals surface area contributed by atoms with Crippen molar-refractivity contribution in [1.29, 1.82) is 0 Å². The third kappa shape index (κ3) is 2.35. The van der Waals surface area contributed by atoms with Gasteiger partial charge in [-0.05, 0) is 24.0 Å². The molecule has 1 aliphatic carbocycles. The first kappa shape index (κ1) is 16.9. The molecule has 1 aliphatic rings. The summed E-state index contributed by atoms with van der Waals surface area (Å²) in [7, 11) is 0. The van der Waals surface area contributed by atoms with Crippen molar-refractivity contribution in [1.82, 2.24) is 19.2 Å². The lowest BCUT2D eigenvalue weighted by molar-refractivity contribution is 0.435. The normalized spacial score (nSPS) is 18.1. The van der Waals surface area contributed by atoms with Crippen LogP contribution in [0.15, 0.2) is 65.7 Å². The van der Waals surface area contributed by atoms with E-state index >= 15 is 0 Å². The number of benzene rings is 2. The van der Waals surface area contributed by atoms with E-state index in [4.69, 9.17) is 0 Å². The van der Waals surface area contributed by atoms with E-state index in [2.05, 4.69) is 42.2 Å². The van der Waals surface area contributed by atoms with Gasteiger partial charge in [0.05, 0.1) is 12.2 Å². The van der Waals surface area contributed by atoms with E-state index in [9.17, 15) is 4.79 Å². The summed E-state index contributed by atoms with van der Waals surface area (Å²) in [5.41, 5.74) is 5.09. The summed E-state index contributed by atoms with van der Waals surface area (Å²) in [5, 5.41) is 8.46. The van der Waals surface area contributed by atoms with Crippen LogP contribution in [0.4, 0.5) is 0 Å². The minimum Gasteiger partial charge on any atom is -0.272 e. The molecule has 0 amide bonds. The molecule has 0 saturated carbocycles. The molecule has 0 saturated heterocycles. The molecule has 1 atom stereocenters. The number of aromatic nitrogens is 4. The monoisotopic (exact) mass is 370 g/mol. The van der Waals surface area contributed by atoms with E-state index in [0.29, 0.717) is 12.3 Å². The molecule has 2 heterocycles. The molecule has 5 rings (SSSR count). The largest absolute Gasteiger partial charge is 0.272 e. The summed E-state index contributed by atoms with van der Waals surface area (Å²) in [5.74, 6) is 0.586. The Morgan fingerprint density at radius 2 is 1.82 bits per heavy atom. The fourth-order valence-electron chi connectivity index (χ4n) is 4.45. The first-order chi connectivity index (χ1) is 13.6. The lowest BCUT2D eigenvalue weighted by atomic mass is 9.69. The molecule has 28 heavy (non-hydrogen) atoms. The molecule has 2 aromatic heterocycles. The Hall–Kier alpha value is -3.21. The van der Waals surface area contributed by atoms with E-state index in [1.807, 2.05) is 40.8 Å². The molecular weight excluding hydrogens is 348 g/mol. The Morgan fingerprint density at radius 3 is 2.61 bits per heavy atom. The molecule has 2 aromatic carbocycles. The number of hydrogen-bond donors (Lipinski definition) is 0. The first-order valence-corrected chi connectivity index (χ1v) is 9.71. The predicted molar refractivity (Wildman–Crippen MR) is 110 cm³/mol. The number of nitrogens with zero attached hydrogens (tertiary/aromatic N) is 4. The third-order valence-electron chi connectivity index (χ3n) is 6.13. The highest BCUT2D eigenvalue weighted by Gasteiger charge is 2.38. The molecule has 0 aliphatic heterocycles. The van der Waals surface area contributed by atoms with Crippen LogP contribution >= 0.6 is 0 Å². The predicted octanol–water partition coefficient (Wildman–Crippen LogP) is 3.83. The van der Waals surface area contributed by atoms with Gasteiger partial charge in [0.2, 0.25) is 5.78 Å². The van der Waals surface area contributed by atoms with Crippen LogP contribution in [0.1, 0.15) is 37.0 Å². The molecule has 5 heteroatoms. The summed E-state index contributed by atoms with van der Waals surface area (Å²) < 4.78 is 3.76. The van der Waals surface area contributed by atoms with Crippen LogP contribution in [0, 0.1) is 0 Å². The topological polar surface area (TPSA) is 52.2 Å². The van der Waals surface area contributed by atoms with Crippen molar-refractivity contribution in [2.75, 3.05) is 0 Å². The maximum Gasteiger partial charge on any atom is 0.259 e. The van der Waals surface area contributed by atoms with Gasteiger partial charge in [-0.25, -0.2) is 0 Å². The van der Waals surface area contributed by atoms with Gasteiger partial charge in [0.15, 0.2) is 0 Å². The smallest absolute Gasteiger partial charge is 0.259 e. The van der Waals surface area contributed by atoms with Crippen molar-refractivity contribution < 1.29 is 0 Å². The van der Waals surface area contributed by atoms with Gasteiger partial charge < -0.3 is 0 Å². The maximum atomic E-state index is 13.8. The zero-order chi connectivity index (χ0) is 19.3. The van der Waals surface area contributed by atoms with Crippen molar-refractivity contribution in [2.45, 2.75) is 38.6 Å². The Morgan fingerprint density at radius 1 is 1.07 bits per heavy atom. The molecule has 5 nitrogen and oxygen atoms in total. The summed E-state index contributed by atoms with van der Waals surface area (Å²) in [6.07, 6.45) is 3.48. The number of fused-ring (bicyclic) bond motifs is 5. The fourth-order valence-corrected chi connectivity index (χ4v) is 4.45. The van der Waals surface area contributed by atoms with Gasteiger partial charge in [-0.3, -0.25) is 13.8 Å². The van der Waals surface area contributed by atoms with Gasteiger partial charge in [0.1, 0.15) is 6.33 Å². The van der Waals surface area contributed by atoms with Crippen molar-refractivity contribution in [3.63, 3.8) is 0 Å². The van der Waals surface area contributed by atoms with Gasteiger partial charge in [0.25, 0.3) is 5.56 Å². The zero-order valence-corrected chi connectivity index (χ0v) is 16.1. The molecule has 1 unspecified atom stereocenters.